The molecule has 1 heterocycles. The van der Waals surface area contributed by atoms with E-state index < -0.39 is 12.6 Å². The minimum Gasteiger partial charge on any atom is -0.480 e. The maximum atomic E-state index is 12.0. The molecule has 0 amide bonds. The number of thiazole rings is 1. The van der Waals surface area contributed by atoms with Crippen LogP contribution in [0.1, 0.15) is 17.7 Å². The molecule has 19 heavy (non-hydrogen) atoms. The fraction of sp³-hybridized carbons (Fsp3) is 0.727. The standard InChI is InChI=1S/C11H18F3N3OS/c1-17(2)10-16-9(18-3)8(19-10)7-15-6-4-5-11(12,13)14/h15H,4-7H2,1-3H3. The topological polar surface area (TPSA) is 37.4 Å². The lowest BCUT2D eigenvalue weighted by molar-refractivity contribution is -0.135. The lowest BCUT2D eigenvalue weighted by Crippen LogP contribution is -2.17. The Labute approximate surface area is 114 Å². The van der Waals surface area contributed by atoms with Gasteiger partial charge in [-0.15, -0.1) is 0 Å². The van der Waals surface area contributed by atoms with E-state index in [1.165, 1.54) is 18.4 Å². The van der Waals surface area contributed by atoms with Gasteiger partial charge in [0.05, 0.1) is 12.0 Å². The molecule has 1 aromatic rings. The van der Waals surface area contributed by atoms with Crippen LogP contribution in [0.5, 0.6) is 5.88 Å². The number of nitrogens with one attached hydrogen (secondary N) is 1. The number of aromatic nitrogens is 1. The van der Waals surface area contributed by atoms with Gasteiger partial charge in [-0.1, -0.05) is 11.3 Å². The predicted octanol–water partition coefficient (Wildman–Crippen LogP) is 2.65. The van der Waals surface area contributed by atoms with Crippen LogP contribution < -0.4 is 15.0 Å². The van der Waals surface area contributed by atoms with Gasteiger partial charge in [0.2, 0.25) is 5.88 Å². The second kappa shape index (κ2) is 6.95. The molecule has 0 fully saturated rings. The Hall–Kier alpha value is -1.02. The van der Waals surface area contributed by atoms with Crippen molar-refractivity contribution in [3.8, 4) is 5.88 Å². The largest absolute Gasteiger partial charge is 0.480 e. The van der Waals surface area contributed by atoms with Crippen molar-refractivity contribution in [3.05, 3.63) is 4.88 Å². The van der Waals surface area contributed by atoms with Crippen LogP contribution in [0.3, 0.4) is 0 Å². The Kier molecular flexibility index (Phi) is 5.86. The monoisotopic (exact) mass is 297 g/mol. The number of alkyl halides is 3. The summed E-state index contributed by atoms with van der Waals surface area (Å²) in [5.74, 6) is 0.525. The number of hydrogen-bond donors (Lipinski definition) is 1. The highest BCUT2D eigenvalue weighted by Gasteiger charge is 2.25. The van der Waals surface area contributed by atoms with Gasteiger partial charge in [-0.05, 0) is 13.0 Å². The Balaban J connectivity index is 2.40. The van der Waals surface area contributed by atoms with Gasteiger partial charge >= 0.3 is 6.18 Å². The molecule has 0 atom stereocenters. The molecule has 0 aliphatic carbocycles. The summed E-state index contributed by atoms with van der Waals surface area (Å²) in [5, 5.41) is 3.78. The maximum absolute atomic E-state index is 12.0. The van der Waals surface area contributed by atoms with Crippen LogP contribution in [0.15, 0.2) is 0 Å². The Bertz CT molecular complexity index is 393. The van der Waals surface area contributed by atoms with Crippen LogP contribution in [-0.4, -0.2) is 38.9 Å². The molecule has 1 N–H and O–H groups in total. The quantitative estimate of drug-likeness (QED) is 0.785. The van der Waals surface area contributed by atoms with Crippen molar-refractivity contribution in [2.45, 2.75) is 25.6 Å². The highest BCUT2D eigenvalue weighted by molar-refractivity contribution is 7.15. The van der Waals surface area contributed by atoms with Gasteiger partial charge in [0.25, 0.3) is 0 Å². The van der Waals surface area contributed by atoms with E-state index in [-0.39, 0.29) is 6.42 Å². The Morgan fingerprint density at radius 3 is 2.58 bits per heavy atom. The van der Waals surface area contributed by atoms with Gasteiger partial charge in [-0.25, -0.2) is 0 Å². The number of halogens is 3. The number of ether oxygens (including phenoxy) is 1. The summed E-state index contributed by atoms with van der Waals surface area (Å²) < 4.78 is 41.0. The highest BCUT2D eigenvalue weighted by Crippen LogP contribution is 2.30. The van der Waals surface area contributed by atoms with Crippen LogP contribution in [0.25, 0.3) is 0 Å². The molecule has 4 nitrogen and oxygen atoms in total. The molecule has 0 saturated heterocycles. The molecule has 1 aromatic heterocycles. The molecule has 8 heteroatoms. The van der Waals surface area contributed by atoms with Crippen molar-refractivity contribution in [3.63, 3.8) is 0 Å². The molecule has 0 radical (unpaired) electrons. The number of nitrogens with zero attached hydrogens (tertiary/aromatic N) is 2. The zero-order valence-electron chi connectivity index (χ0n) is 11.2. The first-order chi connectivity index (χ1) is 8.83. The second-order valence-corrected chi connectivity index (χ2v) is 5.28. The van der Waals surface area contributed by atoms with E-state index in [0.29, 0.717) is 19.0 Å². The number of anilines is 1. The van der Waals surface area contributed by atoms with Gasteiger partial charge in [0.15, 0.2) is 5.13 Å². The fourth-order valence-electron chi connectivity index (χ4n) is 1.40. The average Bonchev–Trinajstić information content (AvgIpc) is 2.70. The summed E-state index contributed by atoms with van der Waals surface area (Å²) in [4.78, 5) is 7.02. The molecular weight excluding hydrogens is 279 g/mol. The van der Waals surface area contributed by atoms with Crippen LogP contribution >= 0.6 is 11.3 Å². The third-order valence-electron chi connectivity index (χ3n) is 2.33. The molecule has 0 aliphatic heterocycles. The van der Waals surface area contributed by atoms with Crippen LogP contribution in [0.4, 0.5) is 18.3 Å². The second-order valence-electron chi connectivity index (χ2n) is 4.22. The van der Waals surface area contributed by atoms with E-state index >= 15 is 0 Å². The number of rotatable bonds is 7. The number of methoxy groups -OCH3 is 1. The minimum atomic E-state index is -4.08. The van der Waals surface area contributed by atoms with Crippen molar-refractivity contribution in [1.82, 2.24) is 10.3 Å². The highest BCUT2D eigenvalue weighted by atomic mass is 32.1. The minimum absolute atomic E-state index is 0.0746. The van der Waals surface area contributed by atoms with Crippen molar-refractivity contribution >= 4 is 16.5 Å². The van der Waals surface area contributed by atoms with Crippen molar-refractivity contribution < 1.29 is 17.9 Å². The van der Waals surface area contributed by atoms with E-state index in [2.05, 4.69) is 10.3 Å². The summed E-state index contributed by atoms with van der Waals surface area (Å²) in [7, 11) is 5.28. The Morgan fingerprint density at radius 1 is 1.37 bits per heavy atom. The van der Waals surface area contributed by atoms with Gasteiger partial charge in [0, 0.05) is 27.1 Å². The van der Waals surface area contributed by atoms with Gasteiger partial charge < -0.3 is 15.0 Å². The summed E-state index contributed by atoms with van der Waals surface area (Å²) in [6.45, 7) is 0.782. The molecule has 0 bridgehead atoms. The molecule has 0 spiro atoms. The predicted molar refractivity (Wildman–Crippen MR) is 70.0 cm³/mol. The summed E-state index contributed by atoms with van der Waals surface area (Å²) >= 11 is 1.46. The number of hydrogen-bond acceptors (Lipinski definition) is 5. The lowest BCUT2D eigenvalue weighted by atomic mass is 10.3. The van der Waals surface area contributed by atoms with Crippen LogP contribution in [-0.2, 0) is 6.54 Å². The normalized spacial score (nSPS) is 11.7. The summed E-state index contributed by atoms with van der Waals surface area (Å²) in [5.41, 5.74) is 0. The van der Waals surface area contributed by atoms with E-state index in [0.717, 1.165) is 10.0 Å². The molecule has 0 saturated carbocycles. The van der Waals surface area contributed by atoms with E-state index in [9.17, 15) is 13.2 Å². The molecule has 0 unspecified atom stereocenters. The van der Waals surface area contributed by atoms with Gasteiger partial charge in [0.1, 0.15) is 0 Å². The van der Waals surface area contributed by atoms with Crippen molar-refractivity contribution in [1.29, 1.82) is 0 Å². The van der Waals surface area contributed by atoms with Gasteiger partial charge in [-0.2, -0.15) is 18.2 Å². The first-order valence-electron chi connectivity index (χ1n) is 5.82. The SMILES string of the molecule is COc1nc(N(C)C)sc1CNCCCC(F)(F)F. The fourth-order valence-corrected chi connectivity index (χ4v) is 2.33. The lowest BCUT2D eigenvalue weighted by Gasteiger charge is -2.07. The molecule has 1 rings (SSSR count). The average molecular weight is 297 g/mol. The molecular formula is C11H18F3N3OS. The third kappa shape index (κ3) is 5.65. The Morgan fingerprint density at radius 2 is 2.05 bits per heavy atom. The first kappa shape index (κ1) is 16.0. The van der Waals surface area contributed by atoms with E-state index in [1.807, 2.05) is 19.0 Å². The molecule has 0 aliphatic rings. The first-order valence-corrected chi connectivity index (χ1v) is 6.63. The smallest absolute Gasteiger partial charge is 0.389 e. The van der Waals surface area contributed by atoms with Crippen LogP contribution in [0.2, 0.25) is 0 Å². The zero-order chi connectivity index (χ0) is 14.5. The maximum Gasteiger partial charge on any atom is 0.389 e. The van der Waals surface area contributed by atoms with Crippen LogP contribution in [0, 0.1) is 0 Å². The van der Waals surface area contributed by atoms with E-state index in [1.54, 1.807) is 0 Å². The van der Waals surface area contributed by atoms with Gasteiger partial charge in [-0.3, -0.25) is 0 Å². The zero-order valence-corrected chi connectivity index (χ0v) is 12.0. The summed E-state index contributed by atoms with van der Waals surface area (Å²) in [6.07, 6.45) is -4.77. The molecule has 110 valence electrons. The summed E-state index contributed by atoms with van der Waals surface area (Å²) in [6, 6.07) is 0. The van der Waals surface area contributed by atoms with Crippen molar-refractivity contribution in [2.24, 2.45) is 0 Å². The third-order valence-corrected chi connectivity index (χ3v) is 3.53. The van der Waals surface area contributed by atoms with E-state index in [4.69, 9.17) is 4.74 Å². The van der Waals surface area contributed by atoms with Crippen molar-refractivity contribution in [2.75, 3.05) is 32.6 Å². The molecule has 0 aromatic carbocycles.